The van der Waals surface area contributed by atoms with E-state index in [1.54, 1.807) is 25.7 Å². The molecule has 3 saturated carbocycles. The van der Waals surface area contributed by atoms with Crippen LogP contribution in [0.1, 0.15) is 90.9 Å². The molecule has 0 radical (unpaired) electrons. The quantitative estimate of drug-likeness (QED) is 0.520. The van der Waals surface area contributed by atoms with Gasteiger partial charge in [0, 0.05) is 0 Å². The summed E-state index contributed by atoms with van der Waals surface area (Å²) in [7, 11) is 0. The first-order valence-corrected chi connectivity index (χ1v) is 8.75. The molecule has 0 nitrogen and oxygen atoms in total. The van der Waals surface area contributed by atoms with Gasteiger partial charge in [-0.15, -0.1) is 0 Å². The van der Waals surface area contributed by atoms with E-state index in [2.05, 4.69) is 13.8 Å². The van der Waals surface area contributed by atoms with E-state index in [4.69, 9.17) is 0 Å². The molecule has 3 rings (SSSR count). The van der Waals surface area contributed by atoms with Crippen molar-refractivity contribution in [1.82, 2.24) is 0 Å². The van der Waals surface area contributed by atoms with E-state index >= 15 is 0 Å². The Bertz CT molecular complexity index is 200. The highest BCUT2D eigenvalue weighted by Crippen LogP contribution is 2.38. The molecular formula is C18H34. The Morgan fingerprint density at radius 1 is 0.500 bits per heavy atom. The maximum atomic E-state index is 2.35. The largest absolute Gasteiger partial charge is 0.0625 e. The molecule has 3 aliphatic rings. The fourth-order valence-corrected chi connectivity index (χ4v) is 4.53. The van der Waals surface area contributed by atoms with Crippen molar-refractivity contribution in [2.24, 2.45) is 23.7 Å². The average molecular weight is 250 g/mol. The molecule has 0 N–H and O–H groups in total. The molecule has 0 saturated heterocycles. The average Bonchev–Trinajstić information content (AvgIpc) is 3.03. The Hall–Kier alpha value is 0. The first kappa shape index (κ1) is 14.4. The van der Waals surface area contributed by atoms with Crippen LogP contribution >= 0.6 is 0 Å². The van der Waals surface area contributed by atoms with Crippen molar-refractivity contribution >= 4 is 0 Å². The van der Waals surface area contributed by atoms with Gasteiger partial charge < -0.3 is 0 Å². The summed E-state index contributed by atoms with van der Waals surface area (Å²) in [5.74, 6) is 4.34. The van der Waals surface area contributed by atoms with E-state index in [1.807, 2.05) is 0 Å². The number of rotatable bonds is 1. The summed E-state index contributed by atoms with van der Waals surface area (Å²) < 4.78 is 0. The molecule has 18 heavy (non-hydrogen) atoms. The summed E-state index contributed by atoms with van der Waals surface area (Å²) in [6.45, 7) is 4.70. The number of hydrogen-bond acceptors (Lipinski definition) is 0. The van der Waals surface area contributed by atoms with Crippen LogP contribution in [0.3, 0.4) is 0 Å². The Morgan fingerprint density at radius 3 is 1.22 bits per heavy atom. The molecule has 2 unspecified atom stereocenters. The lowest BCUT2D eigenvalue weighted by molar-refractivity contribution is 0.252. The highest BCUT2D eigenvalue weighted by Gasteiger charge is 2.25. The molecule has 0 bridgehead atoms. The lowest BCUT2D eigenvalue weighted by atomic mass is 9.79. The molecule has 2 atom stereocenters. The second-order valence-electron chi connectivity index (χ2n) is 7.47. The fourth-order valence-electron chi connectivity index (χ4n) is 4.53. The SMILES string of the molecule is C1CCC(C2CCCC2)CC1.CC1CCC(C)C1. The summed E-state index contributed by atoms with van der Waals surface area (Å²) in [5, 5.41) is 0. The van der Waals surface area contributed by atoms with Crippen LogP contribution in [0.4, 0.5) is 0 Å². The normalized spacial score (nSPS) is 34.3. The van der Waals surface area contributed by atoms with Crippen LogP contribution in [-0.2, 0) is 0 Å². The zero-order valence-corrected chi connectivity index (χ0v) is 12.8. The molecule has 0 heterocycles. The Morgan fingerprint density at radius 2 is 0.889 bits per heavy atom. The van der Waals surface area contributed by atoms with Crippen LogP contribution in [0.5, 0.6) is 0 Å². The van der Waals surface area contributed by atoms with E-state index < -0.39 is 0 Å². The predicted octanol–water partition coefficient (Wildman–Crippen LogP) is 6.20. The minimum Gasteiger partial charge on any atom is -0.0625 e. The monoisotopic (exact) mass is 250 g/mol. The lowest BCUT2D eigenvalue weighted by Crippen LogP contribution is -2.14. The molecular weight excluding hydrogens is 216 g/mol. The molecule has 106 valence electrons. The van der Waals surface area contributed by atoms with E-state index in [0.29, 0.717) is 0 Å². The number of hydrogen-bond donors (Lipinski definition) is 0. The molecule has 3 fully saturated rings. The van der Waals surface area contributed by atoms with E-state index in [0.717, 1.165) is 23.7 Å². The maximum Gasteiger partial charge on any atom is -0.0386 e. The van der Waals surface area contributed by atoms with Crippen LogP contribution < -0.4 is 0 Å². The molecule has 0 aromatic rings. The highest BCUT2D eigenvalue weighted by atomic mass is 14.3. The molecule has 0 aromatic heterocycles. The Kier molecular flexibility index (Phi) is 6.05. The van der Waals surface area contributed by atoms with Crippen molar-refractivity contribution in [3.63, 3.8) is 0 Å². The van der Waals surface area contributed by atoms with E-state index in [9.17, 15) is 0 Å². The minimum atomic E-state index is 1.02. The highest BCUT2D eigenvalue weighted by molar-refractivity contribution is 4.77. The maximum absolute atomic E-state index is 2.35. The van der Waals surface area contributed by atoms with Gasteiger partial charge >= 0.3 is 0 Å². The molecule has 3 aliphatic carbocycles. The Balaban J connectivity index is 0.000000149. The van der Waals surface area contributed by atoms with Crippen molar-refractivity contribution in [3.8, 4) is 0 Å². The van der Waals surface area contributed by atoms with Crippen molar-refractivity contribution in [2.75, 3.05) is 0 Å². The van der Waals surface area contributed by atoms with Gasteiger partial charge in [-0.05, 0) is 30.1 Å². The summed E-state index contributed by atoms with van der Waals surface area (Å²) in [6, 6.07) is 0. The van der Waals surface area contributed by atoms with Gasteiger partial charge in [0.1, 0.15) is 0 Å². The van der Waals surface area contributed by atoms with Crippen LogP contribution in [0.25, 0.3) is 0 Å². The first-order chi connectivity index (χ1) is 8.75. The van der Waals surface area contributed by atoms with Gasteiger partial charge in [0.05, 0.1) is 0 Å². The van der Waals surface area contributed by atoms with Crippen LogP contribution in [0.15, 0.2) is 0 Å². The summed E-state index contributed by atoms with van der Waals surface area (Å²) in [5.41, 5.74) is 0. The topological polar surface area (TPSA) is 0 Å². The third-order valence-electron chi connectivity index (χ3n) is 5.67. The zero-order chi connectivity index (χ0) is 12.8. The lowest BCUT2D eigenvalue weighted by Gasteiger charge is -2.26. The zero-order valence-electron chi connectivity index (χ0n) is 12.8. The second kappa shape index (κ2) is 7.56. The van der Waals surface area contributed by atoms with Gasteiger partial charge in [-0.1, -0.05) is 84.5 Å². The summed E-state index contributed by atoms with van der Waals surface area (Å²) >= 11 is 0. The van der Waals surface area contributed by atoms with Gasteiger partial charge in [0.15, 0.2) is 0 Å². The van der Waals surface area contributed by atoms with Gasteiger partial charge in [0.25, 0.3) is 0 Å². The molecule has 0 aromatic carbocycles. The molecule has 0 amide bonds. The van der Waals surface area contributed by atoms with Crippen LogP contribution in [0.2, 0.25) is 0 Å². The summed E-state index contributed by atoms with van der Waals surface area (Å²) in [4.78, 5) is 0. The van der Waals surface area contributed by atoms with Gasteiger partial charge in [-0.3, -0.25) is 0 Å². The van der Waals surface area contributed by atoms with Gasteiger partial charge in [0.2, 0.25) is 0 Å². The summed E-state index contributed by atoms with van der Waals surface area (Å²) in [6.07, 6.45) is 18.3. The molecule has 0 heteroatoms. The standard InChI is InChI=1S/C11H20.C7H14/c1-2-6-10(7-3-1)11-8-4-5-9-11;1-6-3-4-7(2)5-6/h10-11H,1-9H2;6-7H,3-5H2,1-2H3. The fraction of sp³-hybridized carbons (Fsp3) is 1.00. The van der Waals surface area contributed by atoms with E-state index in [1.165, 1.54) is 51.4 Å². The van der Waals surface area contributed by atoms with Crippen molar-refractivity contribution < 1.29 is 0 Å². The van der Waals surface area contributed by atoms with Crippen LogP contribution in [-0.4, -0.2) is 0 Å². The van der Waals surface area contributed by atoms with Crippen molar-refractivity contribution in [1.29, 1.82) is 0 Å². The van der Waals surface area contributed by atoms with Gasteiger partial charge in [-0.2, -0.15) is 0 Å². The van der Waals surface area contributed by atoms with E-state index in [-0.39, 0.29) is 0 Å². The van der Waals surface area contributed by atoms with Gasteiger partial charge in [-0.25, -0.2) is 0 Å². The van der Waals surface area contributed by atoms with Crippen LogP contribution in [0, 0.1) is 23.7 Å². The Labute approximate surface area is 115 Å². The smallest absolute Gasteiger partial charge is 0.0386 e. The third kappa shape index (κ3) is 4.59. The van der Waals surface area contributed by atoms with Crippen molar-refractivity contribution in [2.45, 2.75) is 90.9 Å². The van der Waals surface area contributed by atoms with Crippen molar-refractivity contribution in [3.05, 3.63) is 0 Å². The minimum absolute atomic E-state index is 1.02. The first-order valence-electron chi connectivity index (χ1n) is 8.75. The molecule has 0 spiro atoms. The third-order valence-corrected chi connectivity index (χ3v) is 5.67. The second-order valence-corrected chi connectivity index (χ2v) is 7.47. The predicted molar refractivity (Wildman–Crippen MR) is 80.7 cm³/mol. The molecule has 0 aliphatic heterocycles.